The predicted molar refractivity (Wildman–Crippen MR) is 89.1 cm³/mol. The van der Waals surface area contributed by atoms with Gasteiger partial charge in [-0.15, -0.1) is 17.0 Å². The lowest BCUT2D eigenvalue weighted by Crippen LogP contribution is -2.25. The van der Waals surface area contributed by atoms with Crippen LogP contribution in [0.2, 0.25) is 5.02 Å². The molecule has 1 unspecified atom stereocenters. The maximum absolute atomic E-state index is 12.2. The summed E-state index contributed by atoms with van der Waals surface area (Å²) in [5.74, 6) is 0.144. The van der Waals surface area contributed by atoms with Gasteiger partial charge in [-0.05, 0) is 63.2 Å². The Morgan fingerprint density at radius 1 is 1.26 bits per heavy atom. The number of Topliss-reactive ketones (excluding diaryl/α,β-unsaturated/α-hetero) is 1. The van der Waals surface area contributed by atoms with E-state index in [4.69, 9.17) is 11.6 Å². The van der Waals surface area contributed by atoms with E-state index < -0.39 is 0 Å². The van der Waals surface area contributed by atoms with Crippen molar-refractivity contribution >= 4 is 50.3 Å². The molecular weight excluding hydrogens is 393 g/mol. The van der Waals surface area contributed by atoms with Gasteiger partial charge in [-0.2, -0.15) is 0 Å². The Balaban J connectivity index is 0.00000180. The number of hydrogen-bond donors (Lipinski definition) is 0. The lowest BCUT2D eigenvalue weighted by Gasteiger charge is -2.16. The number of halogens is 3. The van der Waals surface area contributed by atoms with Gasteiger partial charge >= 0.3 is 0 Å². The number of likely N-dealkylation sites (tertiary alicyclic amines) is 1. The summed E-state index contributed by atoms with van der Waals surface area (Å²) in [6.07, 6.45) is 3.44. The third-order valence-corrected chi connectivity index (χ3v) is 4.44. The third kappa shape index (κ3) is 5.18. The van der Waals surface area contributed by atoms with Gasteiger partial charge in [0.15, 0.2) is 5.78 Å². The van der Waals surface area contributed by atoms with Crippen molar-refractivity contribution in [2.75, 3.05) is 19.6 Å². The Hall–Kier alpha value is 0.1000. The minimum absolute atomic E-state index is 0. The molecule has 1 aliphatic rings. The van der Waals surface area contributed by atoms with E-state index in [0.29, 0.717) is 5.02 Å². The molecule has 0 amide bonds. The molecule has 106 valence electrons. The molecule has 0 aliphatic carbocycles. The molecule has 0 saturated carbocycles. The molecule has 19 heavy (non-hydrogen) atoms. The maximum atomic E-state index is 12.2. The molecule has 1 atom stereocenters. The van der Waals surface area contributed by atoms with Crippen molar-refractivity contribution in [3.63, 3.8) is 0 Å². The Morgan fingerprint density at radius 3 is 2.42 bits per heavy atom. The standard InChI is InChI=1S/C14H17BrClNO.BrH/c15-13(7-10-17-8-1-2-9-17)14(18)11-3-5-12(16)6-4-11;/h3-6,13H,1-2,7-10H2;1H. The van der Waals surface area contributed by atoms with E-state index in [0.717, 1.165) is 18.5 Å². The van der Waals surface area contributed by atoms with Gasteiger partial charge in [0, 0.05) is 10.6 Å². The van der Waals surface area contributed by atoms with Crippen LogP contribution in [0.5, 0.6) is 0 Å². The van der Waals surface area contributed by atoms with Gasteiger partial charge in [0.05, 0.1) is 4.83 Å². The Bertz CT molecular complexity index is 404. The average molecular weight is 412 g/mol. The van der Waals surface area contributed by atoms with Crippen molar-refractivity contribution in [3.05, 3.63) is 34.9 Å². The van der Waals surface area contributed by atoms with Crippen LogP contribution in [0.15, 0.2) is 24.3 Å². The highest BCUT2D eigenvalue weighted by Gasteiger charge is 2.19. The van der Waals surface area contributed by atoms with Gasteiger partial charge in [-0.25, -0.2) is 0 Å². The molecule has 1 aromatic rings. The molecular formula is C14H18Br2ClNO. The maximum Gasteiger partial charge on any atom is 0.176 e. The third-order valence-electron chi connectivity index (χ3n) is 3.31. The zero-order chi connectivity index (χ0) is 13.0. The lowest BCUT2D eigenvalue weighted by molar-refractivity contribution is 0.0985. The summed E-state index contributed by atoms with van der Waals surface area (Å²) >= 11 is 9.31. The van der Waals surface area contributed by atoms with Gasteiger partial charge in [-0.3, -0.25) is 4.79 Å². The summed E-state index contributed by atoms with van der Waals surface area (Å²) in [4.78, 5) is 14.5. The van der Waals surface area contributed by atoms with Crippen LogP contribution in [-0.4, -0.2) is 35.1 Å². The molecule has 1 aromatic carbocycles. The molecule has 0 spiro atoms. The molecule has 5 heteroatoms. The zero-order valence-corrected chi connectivity index (χ0v) is 14.7. The molecule has 0 bridgehead atoms. The first-order chi connectivity index (χ1) is 8.66. The first-order valence-corrected chi connectivity index (χ1v) is 7.62. The van der Waals surface area contributed by atoms with Crippen LogP contribution in [0.3, 0.4) is 0 Å². The largest absolute Gasteiger partial charge is 0.303 e. The second kappa shape index (κ2) is 8.40. The van der Waals surface area contributed by atoms with E-state index in [9.17, 15) is 4.79 Å². The Kier molecular flexibility index (Phi) is 7.58. The van der Waals surface area contributed by atoms with Crippen molar-refractivity contribution in [3.8, 4) is 0 Å². The highest BCUT2D eigenvalue weighted by molar-refractivity contribution is 9.10. The van der Waals surface area contributed by atoms with Crippen LogP contribution in [0.25, 0.3) is 0 Å². The average Bonchev–Trinajstić information content (AvgIpc) is 2.89. The molecule has 1 saturated heterocycles. The van der Waals surface area contributed by atoms with Crippen molar-refractivity contribution in [1.29, 1.82) is 0 Å². The number of nitrogens with zero attached hydrogens (tertiary/aromatic N) is 1. The van der Waals surface area contributed by atoms with Gasteiger partial charge < -0.3 is 4.90 Å². The van der Waals surface area contributed by atoms with E-state index in [-0.39, 0.29) is 27.6 Å². The number of benzene rings is 1. The second-order valence-electron chi connectivity index (χ2n) is 4.68. The lowest BCUT2D eigenvalue weighted by atomic mass is 10.1. The van der Waals surface area contributed by atoms with E-state index >= 15 is 0 Å². The predicted octanol–water partition coefficient (Wildman–Crippen LogP) is 4.35. The Morgan fingerprint density at radius 2 is 1.84 bits per heavy atom. The van der Waals surface area contributed by atoms with E-state index in [2.05, 4.69) is 20.8 Å². The van der Waals surface area contributed by atoms with Gasteiger partial charge in [0.1, 0.15) is 0 Å². The van der Waals surface area contributed by atoms with Crippen LogP contribution >= 0.6 is 44.5 Å². The smallest absolute Gasteiger partial charge is 0.176 e. The van der Waals surface area contributed by atoms with Gasteiger partial charge in [0.25, 0.3) is 0 Å². The molecule has 1 heterocycles. The summed E-state index contributed by atoms with van der Waals surface area (Å²) in [6, 6.07) is 7.09. The van der Waals surface area contributed by atoms with Crippen molar-refractivity contribution < 1.29 is 4.79 Å². The highest BCUT2D eigenvalue weighted by atomic mass is 79.9. The van der Waals surface area contributed by atoms with Crippen molar-refractivity contribution in [1.82, 2.24) is 4.90 Å². The number of carbonyl (C=O) groups is 1. The topological polar surface area (TPSA) is 20.3 Å². The second-order valence-corrected chi connectivity index (χ2v) is 6.22. The SMILES string of the molecule is Br.O=C(c1ccc(Cl)cc1)C(Br)CCN1CCCC1. The molecule has 0 aromatic heterocycles. The van der Waals surface area contributed by atoms with Crippen LogP contribution < -0.4 is 0 Å². The minimum Gasteiger partial charge on any atom is -0.303 e. The van der Waals surface area contributed by atoms with Gasteiger partial charge in [0.2, 0.25) is 0 Å². The molecule has 0 N–H and O–H groups in total. The van der Waals surface area contributed by atoms with E-state index in [1.165, 1.54) is 25.9 Å². The zero-order valence-electron chi connectivity index (χ0n) is 10.6. The summed E-state index contributed by atoms with van der Waals surface area (Å²) in [6.45, 7) is 3.35. The fourth-order valence-electron chi connectivity index (χ4n) is 2.23. The number of alkyl halides is 1. The molecule has 0 radical (unpaired) electrons. The summed E-state index contributed by atoms with van der Waals surface area (Å²) < 4.78 is 0. The van der Waals surface area contributed by atoms with E-state index in [1.54, 1.807) is 24.3 Å². The van der Waals surface area contributed by atoms with Crippen LogP contribution in [-0.2, 0) is 0 Å². The fourth-order valence-corrected chi connectivity index (χ4v) is 2.82. The van der Waals surface area contributed by atoms with Crippen LogP contribution in [0, 0.1) is 0 Å². The summed E-state index contributed by atoms with van der Waals surface area (Å²) in [5.41, 5.74) is 0.725. The van der Waals surface area contributed by atoms with Crippen LogP contribution in [0.1, 0.15) is 29.6 Å². The van der Waals surface area contributed by atoms with Crippen LogP contribution in [0.4, 0.5) is 0 Å². The quantitative estimate of drug-likeness (QED) is 0.530. The van der Waals surface area contributed by atoms with Gasteiger partial charge in [-0.1, -0.05) is 27.5 Å². The van der Waals surface area contributed by atoms with Crippen molar-refractivity contribution in [2.24, 2.45) is 0 Å². The highest BCUT2D eigenvalue weighted by Crippen LogP contribution is 2.18. The summed E-state index contributed by atoms with van der Waals surface area (Å²) in [5, 5.41) is 0.662. The first kappa shape index (κ1) is 17.2. The minimum atomic E-state index is -0.0979. The fraction of sp³-hybridized carbons (Fsp3) is 0.500. The number of carbonyl (C=O) groups excluding carboxylic acids is 1. The molecule has 2 nitrogen and oxygen atoms in total. The first-order valence-electron chi connectivity index (χ1n) is 6.33. The normalized spacial score (nSPS) is 16.9. The number of rotatable bonds is 5. The van der Waals surface area contributed by atoms with E-state index in [1.807, 2.05) is 0 Å². The van der Waals surface area contributed by atoms with Crippen molar-refractivity contribution in [2.45, 2.75) is 24.1 Å². The monoisotopic (exact) mass is 409 g/mol. The Labute approximate surface area is 138 Å². The molecule has 1 aliphatic heterocycles. The molecule has 2 rings (SSSR count). The summed E-state index contributed by atoms with van der Waals surface area (Å²) in [7, 11) is 0. The number of ketones is 1. The number of hydrogen-bond acceptors (Lipinski definition) is 2. The molecule has 1 fully saturated rings.